The van der Waals surface area contributed by atoms with E-state index >= 15 is 0 Å². The highest BCUT2D eigenvalue weighted by Gasteiger charge is 2.22. The van der Waals surface area contributed by atoms with Crippen LogP contribution in [-0.2, 0) is 0 Å². The lowest BCUT2D eigenvalue weighted by Gasteiger charge is -2.36. The van der Waals surface area contributed by atoms with E-state index in [9.17, 15) is 4.79 Å². The number of hydrogen-bond donors (Lipinski definition) is 1. The molecule has 5 rings (SSSR count). The van der Waals surface area contributed by atoms with Gasteiger partial charge in [0.25, 0.3) is 5.56 Å². The maximum absolute atomic E-state index is 12.5. The van der Waals surface area contributed by atoms with Crippen molar-refractivity contribution in [1.29, 1.82) is 0 Å². The number of hydrogen-bond acceptors (Lipinski definition) is 8. The molecule has 0 amide bonds. The van der Waals surface area contributed by atoms with Gasteiger partial charge in [0.1, 0.15) is 0 Å². The first kappa shape index (κ1) is 23.6. The molecular weight excluding hydrogens is 464 g/mol. The Balaban J connectivity index is 1.31. The van der Waals surface area contributed by atoms with Crippen LogP contribution in [0, 0.1) is 6.92 Å². The highest BCUT2D eigenvalue weighted by atomic mass is 35.5. The van der Waals surface area contributed by atoms with E-state index in [0.29, 0.717) is 11.6 Å². The van der Waals surface area contributed by atoms with E-state index < -0.39 is 0 Å². The number of halogens is 1. The van der Waals surface area contributed by atoms with Gasteiger partial charge in [0.15, 0.2) is 0 Å². The molecule has 0 saturated carbocycles. The van der Waals surface area contributed by atoms with E-state index in [1.54, 1.807) is 6.20 Å². The molecule has 3 aromatic rings. The van der Waals surface area contributed by atoms with Gasteiger partial charge >= 0.3 is 0 Å². The average molecular weight is 495 g/mol. The number of aromatic amines is 1. The summed E-state index contributed by atoms with van der Waals surface area (Å²) in [6, 6.07) is 9.42. The molecular formula is C25H31ClN8O. The van der Waals surface area contributed by atoms with Crippen LogP contribution in [0.15, 0.2) is 41.3 Å². The van der Waals surface area contributed by atoms with E-state index in [2.05, 4.69) is 36.5 Å². The van der Waals surface area contributed by atoms with E-state index in [4.69, 9.17) is 21.6 Å². The number of rotatable bonds is 5. The molecule has 0 radical (unpaired) electrons. The minimum Gasteiger partial charge on any atom is -0.368 e. The summed E-state index contributed by atoms with van der Waals surface area (Å²) in [6.45, 7) is 12.3. The molecule has 0 aliphatic carbocycles. The molecule has 0 bridgehead atoms. The Morgan fingerprint density at radius 3 is 2.23 bits per heavy atom. The largest absolute Gasteiger partial charge is 0.368 e. The van der Waals surface area contributed by atoms with E-state index in [-0.39, 0.29) is 5.56 Å². The van der Waals surface area contributed by atoms with Crippen molar-refractivity contribution >= 4 is 29.2 Å². The van der Waals surface area contributed by atoms with Gasteiger partial charge in [-0.15, -0.1) is 0 Å². The first-order chi connectivity index (χ1) is 17.0. The van der Waals surface area contributed by atoms with Crippen LogP contribution in [0.3, 0.4) is 0 Å². The van der Waals surface area contributed by atoms with Crippen LogP contribution in [0.5, 0.6) is 0 Å². The minimum atomic E-state index is -0.177. The van der Waals surface area contributed by atoms with Gasteiger partial charge in [-0.3, -0.25) is 9.78 Å². The van der Waals surface area contributed by atoms with Gasteiger partial charge in [-0.25, -0.2) is 15.0 Å². The SMILES string of the molecule is CCN1CCN(c2ncc(-c3cc(=O)[nH]c(N4CCN(c5ccc(Cl)cc5)CC4)n3)c(C)n2)CC1. The van der Waals surface area contributed by atoms with Gasteiger partial charge in [-0.1, -0.05) is 18.5 Å². The molecule has 2 aliphatic rings. The second kappa shape index (κ2) is 10.2. The van der Waals surface area contributed by atoms with Gasteiger partial charge in [-0.2, -0.15) is 0 Å². The first-order valence-corrected chi connectivity index (χ1v) is 12.6. The van der Waals surface area contributed by atoms with Crippen molar-refractivity contribution in [3.63, 3.8) is 0 Å². The molecule has 1 N–H and O–H groups in total. The highest BCUT2D eigenvalue weighted by Crippen LogP contribution is 2.24. The van der Waals surface area contributed by atoms with Crippen molar-refractivity contribution in [2.24, 2.45) is 0 Å². The van der Waals surface area contributed by atoms with Gasteiger partial charge in [0.2, 0.25) is 11.9 Å². The van der Waals surface area contributed by atoms with Gasteiger partial charge in [0, 0.05) is 80.9 Å². The number of nitrogens with zero attached hydrogens (tertiary/aromatic N) is 7. The van der Waals surface area contributed by atoms with Crippen LogP contribution in [-0.4, -0.2) is 83.7 Å². The third kappa shape index (κ3) is 5.26. The van der Waals surface area contributed by atoms with Crippen LogP contribution >= 0.6 is 11.6 Å². The van der Waals surface area contributed by atoms with Crippen molar-refractivity contribution < 1.29 is 0 Å². The van der Waals surface area contributed by atoms with Crippen LogP contribution in [0.4, 0.5) is 17.6 Å². The lowest BCUT2D eigenvalue weighted by Crippen LogP contribution is -2.47. The molecule has 9 nitrogen and oxygen atoms in total. The third-order valence-electron chi connectivity index (χ3n) is 6.85. The van der Waals surface area contributed by atoms with Gasteiger partial charge in [-0.05, 0) is 37.7 Å². The molecule has 0 atom stereocenters. The van der Waals surface area contributed by atoms with Crippen molar-refractivity contribution in [2.75, 3.05) is 73.6 Å². The normalized spacial score (nSPS) is 17.2. The van der Waals surface area contributed by atoms with Crippen LogP contribution < -0.4 is 20.3 Å². The molecule has 2 aromatic heterocycles. The number of piperazine rings is 2. The number of H-pyrrole nitrogens is 1. The summed E-state index contributed by atoms with van der Waals surface area (Å²) in [5, 5.41) is 0.734. The summed E-state index contributed by atoms with van der Waals surface area (Å²) in [5.41, 5.74) is 3.18. The van der Waals surface area contributed by atoms with E-state index in [1.165, 1.54) is 6.07 Å². The molecule has 35 heavy (non-hydrogen) atoms. The zero-order chi connectivity index (χ0) is 24.4. The van der Waals surface area contributed by atoms with Crippen LogP contribution in [0.2, 0.25) is 5.02 Å². The summed E-state index contributed by atoms with van der Waals surface area (Å²) >= 11 is 6.02. The summed E-state index contributed by atoms with van der Waals surface area (Å²) in [5.74, 6) is 1.33. The quantitative estimate of drug-likeness (QED) is 0.579. The number of benzene rings is 1. The number of aromatic nitrogens is 4. The Hall–Kier alpha value is -3.17. The van der Waals surface area contributed by atoms with Crippen molar-refractivity contribution in [3.05, 3.63) is 57.6 Å². The Labute approximate surface area is 210 Å². The lowest BCUT2D eigenvalue weighted by molar-refractivity contribution is 0.270. The zero-order valence-electron chi connectivity index (χ0n) is 20.2. The molecule has 1 aromatic carbocycles. The second-order valence-corrected chi connectivity index (χ2v) is 9.43. The van der Waals surface area contributed by atoms with Gasteiger partial charge < -0.3 is 19.6 Å². The smallest absolute Gasteiger partial charge is 0.252 e. The van der Waals surface area contributed by atoms with Crippen molar-refractivity contribution in [1.82, 2.24) is 24.8 Å². The summed E-state index contributed by atoms with van der Waals surface area (Å²) in [6.07, 6.45) is 1.80. The van der Waals surface area contributed by atoms with Crippen LogP contribution in [0.1, 0.15) is 12.6 Å². The monoisotopic (exact) mass is 494 g/mol. The predicted molar refractivity (Wildman–Crippen MR) is 141 cm³/mol. The third-order valence-corrected chi connectivity index (χ3v) is 7.10. The number of likely N-dealkylation sites (N-methyl/N-ethyl adjacent to an activating group) is 1. The highest BCUT2D eigenvalue weighted by molar-refractivity contribution is 6.30. The molecule has 2 aliphatic heterocycles. The predicted octanol–water partition coefficient (Wildman–Crippen LogP) is 2.66. The Kier molecular flexibility index (Phi) is 6.88. The number of nitrogens with one attached hydrogen (secondary N) is 1. The summed E-state index contributed by atoms with van der Waals surface area (Å²) in [4.78, 5) is 38.7. The minimum absolute atomic E-state index is 0.177. The fourth-order valence-corrected chi connectivity index (χ4v) is 4.81. The fourth-order valence-electron chi connectivity index (χ4n) is 4.68. The molecule has 0 spiro atoms. The average Bonchev–Trinajstić information content (AvgIpc) is 2.89. The Morgan fingerprint density at radius 2 is 1.57 bits per heavy atom. The summed E-state index contributed by atoms with van der Waals surface area (Å²) < 4.78 is 0. The topological polar surface area (TPSA) is 84.5 Å². The number of aryl methyl sites for hydroxylation is 1. The maximum atomic E-state index is 12.5. The van der Waals surface area contributed by atoms with Crippen molar-refractivity contribution in [2.45, 2.75) is 13.8 Å². The molecule has 2 saturated heterocycles. The molecule has 4 heterocycles. The Morgan fingerprint density at radius 1 is 0.914 bits per heavy atom. The molecule has 0 unspecified atom stereocenters. The summed E-state index contributed by atoms with van der Waals surface area (Å²) in [7, 11) is 0. The second-order valence-electron chi connectivity index (χ2n) is 9.00. The van der Waals surface area contributed by atoms with Gasteiger partial charge in [0.05, 0.1) is 11.4 Å². The lowest BCUT2D eigenvalue weighted by atomic mass is 10.1. The zero-order valence-corrected chi connectivity index (χ0v) is 21.0. The maximum Gasteiger partial charge on any atom is 0.252 e. The molecule has 184 valence electrons. The first-order valence-electron chi connectivity index (χ1n) is 12.2. The van der Waals surface area contributed by atoms with Crippen LogP contribution in [0.25, 0.3) is 11.3 Å². The molecule has 2 fully saturated rings. The molecule has 10 heteroatoms. The standard InChI is InChI=1S/C25H31ClN8O/c1-3-31-8-10-33(11-9-31)24-27-17-21(18(2)28-24)22-16-23(35)30-25(29-22)34-14-12-32(13-15-34)20-6-4-19(26)5-7-20/h4-7,16-17H,3,8-15H2,1-2H3,(H,29,30,35). The van der Waals surface area contributed by atoms with Crippen molar-refractivity contribution in [3.8, 4) is 11.3 Å². The number of anilines is 3. The Bertz CT molecular complexity index is 1210. The van der Waals surface area contributed by atoms with E-state index in [0.717, 1.165) is 86.8 Å². The fraction of sp³-hybridized carbons (Fsp3) is 0.440. The van der Waals surface area contributed by atoms with E-state index in [1.807, 2.05) is 31.2 Å².